The number of carbonyl (C=O) groups excluding carboxylic acids is 1. The van der Waals surface area contributed by atoms with Crippen LogP contribution >= 0.6 is 0 Å². The second-order valence-electron chi connectivity index (χ2n) is 9.01. The molecule has 0 N–H and O–H groups in total. The summed E-state index contributed by atoms with van der Waals surface area (Å²) in [4.78, 5) is 14.9. The number of hydrogen-bond donors (Lipinski definition) is 0. The van der Waals surface area contributed by atoms with Gasteiger partial charge in [0.25, 0.3) is 5.91 Å². The highest BCUT2D eigenvalue weighted by molar-refractivity contribution is 5.94. The van der Waals surface area contributed by atoms with Gasteiger partial charge in [0.05, 0.1) is 0 Å². The number of amides is 1. The van der Waals surface area contributed by atoms with Crippen LogP contribution in [0.1, 0.15) is 61.5 Å². The molecule has 0 bridgehead atoms. The lowest BCUT2D eigenvalue weighted by atomic mass is 9.83. The molecule has 1 spiro atoms. The first-order valence-electron chi connectivity index (χ1n) is 10.0. The maximum atomic E-state index is 12.9. The van der Waals surface area contributed by atoms with Crippen LogP contribution in [0.4, 0.5) is 0 Å². The third kappa shape index (κ3) is 3.60. The standard InChI is InChI=1S/C24H29NO2/c1-23(2,3)20-10-8-19(9-11-20)22(26)25-16-14-24(15-17-25)13-12-18-6-4-5-7-21(18)27-24/h4-11H,12-17H2,1-3H3. The summed E-state index contributed by atoms with van der Waals surface area (Å²) in [5.41, 5.74) is 3.36. The largest absolute Gasteiger partial charge is 0.487 e. The summed E-state index contributed by atoms with van der Waals surface area (Å²) in [6.07, 6.45) is 3.94. The first-order chi connectivity index (χ1) is 12.9. The molecule has 0 atom stereocenters. The molecule has 0 unspecified atom stereocenters. The highest BCUT2D eigenvalue weighted by Crippen LogP contribution is 2.39. The first kappa shape index (κ1) is 18.1. The number of nitrogens with zero attached hydrogens (tertiary/aromatic N) is 1. The maximum absolute atomic E-state index is 12.9. The zero-order chi connectivity index (χ0) is 19.1. The summed E-state index contributed by atoms with van der Waals surface area (Å²) in [6.45, 7) is 8.10. The molecule has 1 amide bonds. The molecular weight excluding hydrogens is 334 g/mol. The molecule has 0 radical (unpaired) electrons. The van der Waals surface area contributed by atoms with E-state index in [9.17, 15) is 4.79 Å². The topological polar surface area (TPSA) is 29.5 Å². The molecule has 2 aliphatic rings. The number of piperidine rings is 1. The van der Waals surface area contributed by atoms with Crippen molar-refractivity contribution in [3.8, 4) is 5.75 Å². The lowest BCUT2D eigenvalue weighted by Crippen LogP contribution is -2.51. The Bertz CT molecular complexity index is 824. The predicted molar refractivity (Wildman–Crippen MR) is 108 cm³/mol. The Kier molecular flexibility index (Phi) is 4.49. The van der Waals surface area contributed by atoms with Crippen LogP contribution in [0.15, 0.2) is 48.5 Å². The van der Waals surface area contributed by atoms with E-state index in [2.05, 4.69) is 51.1 Å². The van der Waals surface area contributed by atoms with Crippen LogP contribution < -0.4 is 4.74 Å². The molecule has 1 saturated heterocycles. The summed E-state index contributed by atoms with van der Waals surface area (Å²) in [5.74, 6) is 1.17. The molecule has 0 aliphatic carbocycles. The molecule has 142 valence electrons. The van der Waals surface area contributed by atoms with Gasteiger partial charge in [0.2, 0.25) is 0 Å². The minimum atomic E-state index is -0.0960. The second-order valence-corrected chi connectivity index (χ2v) is 9.01. The molecule has 3 nitrogen and oxygen atoms in total. The number of fused-ring (bicyclic) bond motifs is 1. The molecule has 27 heavy (non-hydrogen) atoms. The Morgan fingerprint density at radius 1 is 0.963 bits per heavy atom. The van der Waals surface area contributed by atoms with Crippen molar-refractivity contribution in [1.29, 1.82) is 0 Å². The van der Waals surface area contributed by atoms with Gasteiger partial charge < -0.3 is 9.64 Å². The van der Waals surface area contributed by atoms with Gasteiger partial charge in [0.15, 0.2) is 0 Å². The van der Waals surface area contributed by atoms with Crippen molar-refractivity contribution in [1.82, 2.24) is 4.90 Å². The molecule has 2 aromatic rings. The number of benzene rings is 2. The predicted octanol–water partition coefficient (Wildman–Crippen LogP) is 4.98. The molecule has 4 rings (SSSR count). The van der Waals surface area contributed by atoms with Crippen LogP contribution in [0.2, 0.25) is 0 Å². The highest BCUT2D eigenvalue weighted by Gasteiger charge is 2.40. The third-order valence-corrected chi connectivity index (χ3v) is 6.11. The van der Waals surface area contributed by atoms with Gasteiger partial charge in [-0.15, -0.1) is 0 Å². The van der Waals surface area contributed by atoms with Crippen LogP contribution in [-0.2, 0) is 11.8 Å². The number of hydrogen-bond acceptors (Lipinski definition) is 2. The molecule has 3 heteroatoms. The number of ether oxygens (including phenoxy) is 1. The first-order valence-corrected chi connectivity index (χ1v) is 10.0. The molecular formula is C24H29NO2. The second kappa shape index (κ2) is 6.70. The zero-order valence-electron chi connectivity index (χ0n) is 16.6. The lowest BCUT2D eigenvalue weighted by molar-refractivity contribution is -0.0106. The third-order valence-electron chi connectivity index (χ3n) is 6.11. The van der Waals surface area contributed by atoms with E-state index in [0.29, 0.717) is 0 Å². The molecule has 2 aliphatic heterocycles. The van der Waals surface area contributed by atoms with Crippen LogP contribution in [0, 0.1) is 0 Å². The number of likely N-dealkylation sites (tertiary alicyclic amines) is 1. The fraction of sp³-hybridized carbons (Fsp3) is 0.458. The lowest BCUT2D eigenvalue weighted by Gasteiger charge is -2.44. The van der Waals surface area contributed by atoms with E-state index < -0.39 is 0 Å². The molecule has 0 saturated carbocycles. The average Bonchev–Trinajstić information content (AvgIpc) is 2.67. The van der Waals surface area contributed by atoms with Gasteiger partial charge in [0.1, 0.15) is 11.4 Å². The SMILES string of the molecule is CC(C)(C)c1ccc(C(=O)N2CCC3(CCc4ccccc4O3)CC2)cc1. The molecule has 2 heterocycles. The van der Waals surface area contributed by atoms with Crippen LogP contribution in [0.5, 0.6) is 5.75 Å². The number of para-hydroxylation sites is 1. The van der Waals surface area contributed by atoms with Gasteiger partial charge in [-0.1, -0.05) is 51.1 Å². The van der Waals surface area contributed by atoms with Crippen molar-refractivity contribution in [3.05, 3.63) is 65.2 Å². The van der Waals surface area contributed by atoms with Crippen molar-refractivity contribution < 1.29 is 9.53 Å². The van der Waals surface area contributed by atoms with Gasteiger partial charge >= 0.3 is 0 Å². The highest BCUT2D eigenvalue weighted by atomic mass is 16.5. The van der Waals surface area contributed by atoms with Crippen molar-refractivity contribution >= 4 is 5.91 Å². The summed E-state index contributed by atoms with van der Waals surface area (Å²) in [7, 11) is 0. The Hall–Kier alpha value is -2.29. The Balaban J connectivity index is 1.41. The van der Waals surface area contributed by atoms with Gasteiger partial charge in [-0.05, 0) is 47.6 Å². The van der Waals surface area contributed by atoms with Crippen molar-refractivity contribution in [2.45, 2.75) is 57.5 Å². The zero-order valence-corrected chi connectivity index (χ0v) is 16.6. The molecule has 1 fully saturated rings. The number of carbonyl (C=O) groups is 1. The van der Waals surface area contributed by atoms with E-state index in [0.717, 1.165) is 50.1 Å². The fourth-order valence-corrected chi connectivity index (χ4v) is 4.22. The summed E-state index contributed by atoms with van der Waals surface area (Å²) in [5, 5.41) is 0. The Morgan fingerprint density at radius 2 is 1.63 bits per heavy atom. The van der Waals surface area contributed by atoms with E-state index in [-0.39, 0.29) is 16.9 Å². The smallest absolute Gasteiger partial charge is 0.253 e. The van der Waals surface area contributed by atoms with Crippen molar-refractivity contribution in [3.63, 3.8) is 0 Å². The van der Waals surface area contributed by atoms with Gasteiger partial charge in [-0.2, -0.15) is 0 Å². The monoisotopic (exact) mass is 363 g/mol. The molecule has 0 aromatic heterocycles. The van der Waals surface area contributed by atoms with E-state index in [1.165, 1.54) is 11.1 Å². The summed E-state index contributed by atoms with van der Waals surface area (Å²) >= 11 is 0. The number of rotatable bonds is 1. The quantitative estimate of drug-likeness (QED) is 0.715. The van der Waals surface area contributed by atoms with E-state index in [1.807, 2.05) is 23.1 Å². The van der Waals surface area contributed by atoms with Gasteiger partial charge in [0, 0.05) is 31.5 Å². The average molecular weight is 364 g/mol. The van der Waals surface area contributed by atoms with Gasteiger partial charge in [-0.3, -0.25) is 4.79 Å². The van der Waals surface area contributed by atoms with Crippen LogP contribution in [-0.4, -0.2) is 29.5 Å². The normalized spacial score (nSPS) is 18.7. The minimum absolute atomic E-state index is 0.0960. The van der Waals surface area contributed by atoms with Crippen LogP contribution in [0.25, 0.3) is 0 Å². The van der Waals surface area contributed by atoms with E-state index >= 15 is 0 Å². The van der Waals surface area contributed by atoms with Crippen LogP contribution in [0.3, 0.4) is 0 Å². The number of aryl methyl sites for hydroxylation is 1. The summed E-state index contributed by atoms with van der Waals surface area (Å²) < 4.78 is 6.41. The van der Waals surface area contributed by atoms with Gasteiger partial charge in [-0.25, -0.2) is 0 Å². The Morgan fingerprint density at radius 3 is 2.30 bits per heavy atom. The fourth-order valence-electron chi connectivity index (χ4n) is 4.22. The maximum Gasteiger partial charge on any atom is 0.253 e. The van der Waals surface area contributed by atoms with Crippen molar-refractivity contribution in [2.75, 3.05) is 13.1 Å². The van der Waals surface area contributed by atoms with Crippen molar-refractivity contribution in [2.24, 2.45) is 0 Å². The molecule has 2 aromatic carbocycles. The minimum Gasteiger partial charge on any atom is -0.487 e. The van der Waals surface area contributed by atoms with E-state index in [1.54, 1.807) is 0 Å². The summed E-state index contributed by atoms with van der Waals surface area (Å²) in [6, 6.07) is 16.5. The Labute approximate surface area is 162 Å². The van der Waals surface area contributed by atoms with E-state index in [4.69, 9.17) is 4.74 Å².